The third-order valence-electron chi connectivity index (χ3n) is 5.06. The number of amides is 2. The molecular weight excluding hydrogens is 382 g/mol. The van der Waals surface area contributed by atoms with E-state index in [0.717, 1.165) is 16.4 Å². The third kappa shape index (κ3) is 4.22. The van der Waals surface area contributed by atoms with Gasteiger partial charge in [0, 0.05) is 12.7 Å². The van der Waals surface area contributed by atoms with Crippen LogP contribution in [0.3, 0.4) is 0 Å². The van der Waals surface area contributed by atoms with Crippen LogP contribution >= 0.6 is 11.8 Å². The Hall–Kier alpha value is -2.99. The smallest absolute Gasteiger partial charge is 0.240 e. The number of fused-ring (bicyclic) bond motifs is 3. The van der Waals surface area contributed by atoms with Gasteiger partial charge in [0.15, 0.2) is 0 Å². The van der Waals surface area contributed by atoms with Gasteiger partial charge < -0.3 is 14.8 Å². The summed E-state index contributed by atoms with van der Waals surface area (Å²) in [5.41, 5.74) is 2.83. The second kappa shape index (κ2) is 8.57. The van der Waals surface area contributed by atoms with Crippen molar-refractivity contribution in [1.82, 2.24) is 9.88 Å². The monoisotopic (exact) mass is 405 g/mol. The van der Waals surface area contributed by atoms with E-state index in [2.05, 4.69) is 28.9 Å². The molecule has 3 aromatic rings. The molecule has 1 unspecified atom stereocenters. The molecule has 1 aliphatic rings. The van der Waals surface area contributed by atoms with Crippen molar-refractivity contribution in [2.24, 2.45) is 0 Å². The minimum Gasteiger partial charge on any atom is -0.354 e. The Morgan fingerprint density at radius 1 is 1.03 bits per heavy atom. The van der Waals surface area contributed by atoms with E-state index < -0.39 is 0 Å². The molecule has 4 rings (SSSR count). The molecule has 1 N–H and O–H groups in total. The Balaban J connectivity index is 1.51. The molecule has 148 valence electrons. The van der Waals surface area contributed by atoms with Gasteiger partial charge in [0.1, 0.15) is 6.54 Å². The molecule has 1 aliphatic heterocycles. The standard InChI is InChI=1S/C23H23N3O2S/c1-17(18-8-3-2-4-9-18)14-24-21(27)15-26-20-11-6-5-10-19(20)25-13-7-12-23(25)29-16-22(26)28/h2-13,17H,14-16H2,1H3,(H,24,27). The van der Waals surface area contributed by atoms with E-state index >= 15 is 0 Å². The zero-order valence-electron chi connectivity index (χ0n) is 16.2. The average Bonchev–Trinajstić information content (AvgIpc) is 3.22. The van der Waals surface area contributed by atoms with E-state index in [1.165, 1.54) is 17.3 Å². The molecule has 5 nitrogen and oxygen atoms in total. The first kappa shape index (κ1) is 19.3. The Bertz CT molecular complexity index is 1020. The molecule has 0 saturated carbocycles. The lowest BCUT2D eigenvalue weighted by Crippen LogP contribution is -2.43. The minimum absolute atomic E-state index is 0.00845. The highest BCUT2D eigenvalue weighted by atomic mass is 32.2. The molecule has 29 heavy (non-hydrogen) atoms. The highest BCUT2D eigenvalue weighted by Gasteiger charge is 2.25. The van der Waals surface area contributed by atoms with Crippen molar-refractivity contribution in [2.75, 3.05) is 23.7 Å². The number of rotatable bonds is 5. The van der Waals surface area contributed by atoms with Crippen LogP contribution < -0.4 is 10.2 Å². The summed E-state index contributed by atoms with van der Waals surface area (Å²) in [5.74, 6) is 0.273. The fourth-order valence-electron chi connectivity index (χ4n) is 3.47. The maximum atomic E-state index is 12.9. The van der Waals surface area contributed by atoms with Crippen molar-refractivity contribution in [2.45, 2.75) is 17.9 Å². The molecule has 6 heteroatoms. The lowest BCUT2D eigenvalue weighted by molar-refractivity contribution is -0.122. The number of carbonyl (C=O) groups is 2. The van der Waals surface area contributed by atoms with Crippen molar-refractivity contribution in [3.8, 4) is 5.69 Å². The quantitative estimate of drug-likeness (QED) is 0.702. The number of thioether (sulfide) groups is 1. The van der Waals surface area contributed by atoms with E-state index in [-0.39, 0.29) is 24.3 Å². The van der Waals surface area contributed by atoms with Crippen LogP contribution in [0.15, 0.2) is 78.0 Å². The summed E-state index contributed by atoms with van der Waals surface area (Å²) in [6.07, 6.45) is 1.98. The Morgan fingerprint density at radius 3 is 2.55 bits per heavy atom. The number of nitrogens with zero attached hydrogens (tertiary/aromatic N) is 2. The van der Waals surface area contributed by atoms with Crippen LogP contribution in [-0.2, 0) is 9.59 Å². The zero-order chi connectivity index (χ0) is 20.2. The minimum atomic E-state index is -0.158. The lowest BCUT2D eigenvalue weighted by Gasteiger charge is -2.28. The number of hydrogen-bond donors (Lipinski definition) is 1. The van der Waals surface area contributed by atoms with E-state index in [0.29, 0.717) is 12.3 Å². The maximum Gasteiger partial charge on any atom is 0.240 e. The highest BCUT2D eigenvalue weighted by Crippen LogP contribution is 2.32. The van der Waals surface area contributed by atoms with Gasteiger partial charge in [0.25, 0.3) is 0 Å². The van der Waals surface area contributed by atoms with Crippen molar-refractivity contribution in [1.29, 1.82) is 0 Å². The summed E-state index contributed by atoms with van der Waals surface area (Å²) in [7, 11) is 0. The molecule has 2 aromatic carbocycles. The van der Waals surface area contributed by atoms with Gasteiger partial charge in [-0.2, -0.15) is 0 Å². The van der Waals surface area contributed by atoms with Crippen molar-refractivity contribution >= 4 is 29.3 Å². The van der Waals surface area contributed by atoms with Gasteiger partial charge in [0.2, 0.25) is 11.8 Å². The van der Waals surface area contributed by atoms with Crippen LogP contribution in [0.4, 0.5) is 5.69 Å². The highest BCUT2D eigenvalue weighted by molar-refractivity contribution is 7.99. The Morgan fingerprint density at radius 2 is 1.76 bits per heavy atom. The van der Waals surface area contributed by atoms with Crippen LogP contribution in [0.25, 0.3) is 5.69 Å². The molecule has 0 saturated heterocycles. The molecule has 0 spiro atoms. The van der Waals surface area contributed by atoms with Gasteiger partial charge in [-0.3, -0.25) is 9.59 Å². The maximum absolute atomic E-state index is 12.9. The lowest BCUT2D eigenvalue weighted by atomic mass is 10.0. The summed E-state index contributed by atoms with van der Waals surface area (Å²) < 4.78 is 2.06. The third-order valence-corrected chi connectivity index (χ3v) is 6.08. The average molecular weight is 406 g/mol. The van der Waals surface area contributed by atoms with Crippen LogP contribution in [-0.4, -0.2) is 35.2 Å². The Kier molecular flexibility index (Phi) is 5.71. The fraction of sp³-hybridized carbons (Fsp3) is 0.217. The van der Waals surface area contributed by atoms with Crippen LogP contribution in [0.2, 0.25) is 0 Å². The Labute approximate surface area is 174 Å². The first-order chi connectivity index (χ1) is 14.1. The van der Waals surface area contributed by atoms with Gasteiger partial charge in [-0.15, -0.1) is 0 Å². The molecule has 0 bridgehead atoms. The van der Waals surface area contributed by atoms with Gasteiger partial charge in [-0.1, -0.05) is 61.2 Å². The van der Waals surface area contributed by atoms with E-state index in [4.69, 9.17) is 0 Å². The predicted molar refractivity (Wildman–Crippen MR) is 117 cm³/mol. The van der Waals surface area contributed by atoms with Crippen molar-refractivity contribution in [3.05, 3.63) is 78.5 Å². The zero-order valence-corrected chi connectivity index (χ0v) is 17.1. The topological polar surface area (TPSA) is 54.3 Å². The van der Waals surface area contributed by atoms with Crippen LogP contribution in [0.5, 0.6) is 0 Å². The second-order valence-corrected chi connectivity index (χ2v) is 8.09. The summed E-state index contributed by atoms with van der Waals surface area (Å²) >= 11 is 1.49. The van der Waals surface area contributed by atoms with Gasteiger partial charge >= 0.3 is 0 Å². The first-order valence-corrected chi connectivity index (χ1v) is 10.6. The number of nitrogens with one attached hydrogen (secondary N) is 1. The van der Waals surface area contributed by atoms with Gasteiger partial charge in [0.05, 0.1) is 22.2 Å². The summed E-state index contributed by atoms with van der Waals surface area (Å²) in [5, 5.41) is 4.00. The molecule has 2 amide bonds. The summed E-state index contributed by atoms with van der Waals surface area (Å²) in [6, 6.07) is 21.8. The second-order valence-electron chi connectivity index (χ2n) is 7.09. The van der Waals surface area contributed by atoms with Gasteiger partial charge in [-0.05, 0) is 35.7 Å². The molecule has 1 atom stereocenters. The van der Waals surface area contributed by atoms with Crippen molar-refractivity contribution < 1.29 is 9.59 Å². The number of benzene rings is 2. The molecule has 0 radical (unpaired) electrons. The van der Waals surface area contributed by atoms with Crippen LogP contribution in [0.1, 0.15) is 18.4 Å². The van der Waals surface area contributed by atoms with E-state index in [1.54, 1.807) is 4.90 Å². The molecule has 0 aliphatic carbocycles. The number of carbonyl (C=O) groups excluding carboxylic acids is 2. The number of aromatic nitrogens is 1. The molecular formula is C23H23N3O2S. The predicted octanol–water partition coefficient (Wildman–Crippen LogP) is 3.84. The summed E-state index contributed by atoms with van der Waals surface area (Å²) in [4.78, 5) is 27.1. The van der Waals surface area contributed by atoms with Crippen LogP contribution in [0, 0.1) is 0 Å². The normalized spacial score (nSPS) is 14.4. The number of hydrogen-bond acceptors (Lipinski definition) is 3. The fourth-order valence-corrected chi connectivity index (χ4v) is 4.37. The number of para-hydroxylation sites is 2. The molecule has 1 aromatic heterocycles. The van der Waals surface area contributed by atoms with Crippen molar-refractivity contribution in [3.63, 3.8) is 0 Å². The first-order valence-electron chi connectivity index (χ1n) is 9.65. The van der Waals surface area contributed by atoms with Gasteiger partial charge in [-0.25, -0.2) is 0 Å². The summed E-state index contributed by atoms with van der Waals surface area (Å²) in [6.45, 7) is 2.62. The largest absolute Gasteiger partial charge is 0.354 e. The van der Waals surface area contributed by atoms with E-state index in [1.807, 2.05) is 60.8 Å². The molecule has 2 heterocycles. The van der Waals surface area contributed by atoms with E-state index in [9.17, 15) is 9.59 Å². The SMILES string of the molecule is CC(CNC(=O)CN1C(=O)CSc2cccn2-c2ccccc21)c1ccccc1. The molecule has 0 fully saturated rings. The number of anilines is 1.